The molecule has 1 unspecified atom stereocenters. The lowest BCUT2D eigenvalue weighted by Crippen LogP contribution is -2.10. The van der Waals surface area contributed by atoms with E-state index in [0.29, 0.717) is 12.8 Å². The lowest BCUT2D eigenvalue weighted by Gasteiger charge is -2.04. The standard InChI is InChI=1S/C6H10Cl2O2/c1-4(6(9)10)2-3-5(7)8/h4-5H,2-3H2,1H3,(H,9,10). The largest absolute Gasteiger partial charge is 0.481 e. The second kappa shape index (κ2) is 4.80. The second-order valence-corrected chi connectivity index (χ2v) is 3.48. The van der Waals surface area contributed by atoms with Gasteiger partial charge in [-0.05, 0) is 12.8 Å². The third-order valence-corrected chi connectivity index (χ3v) is 1.68. The van der Waals surface area contributed by atoms with Crippen LogP contribution in [0.25, 0.3) is 0 Å². The SMILES string of the molecule is CC(CCC(Cl)Cl)C(=O)O. The van der Waals surface area contributed by atoms with Crippen molar-refractivity contribution in [1.29, 1.82) is 0 Å². The van der Waals surface area contributed by atoms with E-state index >= 15 is 0 Å². The van der Waals surface area contributed by atoms with Gasteiger partial charge in [0.25, 0.3) is 0 Å². The van der Waals surface area contributed by atoms with Crippen molar-refractivity contribution in [1.82, 2.24) is 0 Å². The summed E-state index contributed by atoms with van der Waals surface area (Å²) in [7, 11) is 0. The number of alkyl halides is 2. The van der Waals surface area contributed by atoms with E-state index in [9.17, 15) is 4.79 Å². The van der Waals surface area contributed by atoms with Gasteiger partial charge in [0.2, 0.25) is 0 Å². The topological polar surface area (TPSA) is 37.3 Å². The van der Waals surface area contributed by atoms with Crippen molar-refractivity contribution < 1.29 is 9.90 Å². The van der Waals surface area contributed by atoms with Crippen LogP contribution in [0.15, 0.2) is 0 Å². The lowest BCUT2D eigenvalue weighted by atomic mass is 10.1. The number of halogens is 2. The predicted molar refractivity (Wildman–Crippen MR) is 41.5 cm³/mol. The minimum Gasteiger partial charge on any atom is -0.481 e. The minimum atomic E-state index is -0.797. The molecular weight excluding hydrogens is 175 g/mol. The Morgan fingerprint density at radius 1 is 1.50 bits per heavy atom. The summed E-state index contributed by atoms with van der Waals surface area (Å²) >= 11 is 10.8. The average Bonchev–Trinajstić information content (AvgIpc) is 1.82. The maximum atomic E-state index is 10.2. The quantitative estimate of drug-likeness (QED) is 0.682. The van der Waals surface area contributed by atoms with Gasteiger partial charge in [-0.1, -0.05) is 6.92 Å². The molecule has 1 atom stereocenters. The number of carboxylic acids is 1. The first kappa shape index (κ1) is 10.0. The van der Waals surface area contributed by atoms with Crippen LogP contribution in [-0.4, -0.2) is 15.9 Å². The highest BCUT2D eigenvalue weighted by Crippen LogP contribution is 2.14. The Hall–Kier alpha value is 0.0500. The highest BCUT2D eigenvalue weighted by molar-refractivity contribution is 6.44. The Kier molecular flexibility index (Phi) is 4.83. The van der Waals surface area contributed by atoms with E-state index in [1.165, 1.54) is 0 Å². The summed E-state index contributed by atoms with van der Waals surface area (Å²) in [5.41, 5.74) is 0. The first-order valence-electron chi connectivity index (χ1n) is 3.05. The van der Waals surface area contributed by atoms with Gasteiger partial charge in [-0.15, -0.1) is 23.2 Å². The fourth-order valence-corrected chi connectivity index (χ4v) is 0.751. The van der Waals surface area contributed by atoms with Crippen LogP contribution < -0.4 is 0 Å². The Labute approximate surface area is 70.1 Å². The molecule has 0 aliphatic heterocycles. The first-order chi connectivity index (χ1) is 4.54. The van der Waals surface area contributed by atoms with Crippen molar-refractivity contribution >= 4 is 29.2 Å². The molecule has 0 spiro atoms. The fourth-order valence-electron chi connectivity index (χ4n) is 0.499. The average molecular weight is 185 g/mol. The fraction of sp³-hybridized carbons (Fsp3) is 0.833. The van der Waals surface area contributed by atoms with Crippen LogP contribution >= 0.6 is 23.2 Å². The molecule has 0 aromatic heterocycles. The molecule has 0 aliphatic rings. The Morgan fingerprint density at radius 2 is 2.00 bits per heavy atom. The van der Waals surface area contributed by atoms with E-state index in [1.54, 1.807) is 6.92 Å². The van der Waals surface area contributed by atoms with Gasteiger partial charge >= 0.3 is 5.97 Å². The number of hydrogen-bond donors (Lipinski definition) is 1. The van der Waals surface area contributed by atoms with Crippen molar-refractivity contribution in [2.24, 2.45) is 5.92 Å². The van der Waals surface area contributed by atoms with Crippen molar-refractivity contribution in [3.8, 4) is 0 Å². The molecule has 0 saturated carbocycles. The molecule has 0 rings (SSSR count). The number of carbonyl (C=O) groups is 1. The normalized spacial score (nSPS) is 13.6. The molecular formula is C6H10Cl2O2. The third-order valence-electron chi connectivity index (χ3n) is 1.24. The Bertz CT molecular complexity index is 114. The molecule has 0 fully saturated rings. The summed E-state index contributed by atoms with van der Waals surface area (Å²) in [6.45, 7) is 1.64. The van der Waals surface area contributed by atoms with Crippen LogP contribution in [0.3, 0.4) is 0 Å². The van der Waals surface area contributed by atoms with Gasteiger partial charge in [-0.25, -0.2) is 0 Å². The first-order valence-corrected chi connectivity index (χ1v) is 3.92. The maximum Gasteiger partial charge on any atom is 0.306 e. The molecule has 0 aliphatic carbocycles. The molecule has 10 heavy (non-hydrogen) atoms. The van der Waals surface area contributed by atoms with E-state index in [-0.39, 0.29) is 5.92 Å². The molecule has 60 valence electrons. The van der Waals surface area contributed by atoms with Crippen molar-refractivity contribution in [3.05, 3.63) is 0 Å². The van der Waals surface area contributed by atoms with Gasteiger partial charge in [0.05, 0.1) is 5.92 Å². The summed E-state index contributed by atoms with van der Waals surface area (Å²) < 4.78 is 0. The second-order valence-electron chi connectivity index (χ2n) is 2.21. The van der Waals surface area contributed by atoms with E-state index < -0.39 is 10.8 Å². The van der Waals surface area contributed by atoms with Gasteiger partial charge in [0.15, 0.2) is 0 Å². The molecule has 0 radical (unpaired) electrons. The summed E-state index contributed by atoms with van der Waals surface area (Å²) in [6, 6.07) is 0. The van der Waals surface area contributed by atoms with Crippen molar-refractivity contribution in [3.63, 3.8) is 0 Å². The van der Waals surface area contributed by atoms with Gasteiger partial charge in [-0.3, -0.25) is 4.79 Å². The van der Waals surface area contributed by atoms with Crippen LogP contribution in [0, 0.1) is 5.92 Å². The zero-order valence-corrected chi connectivity index (χ0v) is 7.19. The molecule has 0 aromatic rings. The van der Waals surface area contributed by atoms with E-state index in [0.717, 1.165) is 0 Å². The lowest BCUT2D eigenvalue weighted by molar-refractivity contribution is -0.141. The van der Waals surface area contributed by atoms with Gasteiger partial charge in [-0.2, -0.15) is 0 Å². The molecule has 0 amide bonds. The van der Waals surface area contributed by atoms with E-state index in [4.69, 9.17) is 28.3 Å². The number of aliphatic carboxylic acids is 1. The summed E-state index contributed by atoms with van der Waals surface area (Å²) in [5, 5.41) is 8.41. The molecule has 0 heterocycles. The Morgan fingerprint density at radius 3 is 2.30 bits per heavy atom. The zero-order chi connectivity index (χ0) is 8.15. The molecule has 0 saturated heterocycles. The zero-order valence-electron chi connectivity index (χ0n) is 5.68. The summed E-state index contributed by atoms with van der Waals surface area (Å²) in [4.78, 5) is 9.78. The predicted octanol–water partition coefficient (Wildman–Crippen LogP) is 2.29. The van der Waals surface area contributed by atoms with Crippen molar-refractivity contribution in [2.75, 3.05) is 0 Å². The number of hydrogen-bond acceptors (Lipinski definition) is 1. The van der Waals surface area contributed by atoms with Gasteiger partial charge in [0.1, 0.15) is 4.84 Å². The van der Waals surface area contributed by atoms with Crippen LogP contribution in [0.1, 0.15) is 19.8 Å². The molecule has 1 N–H and O–H groups in total. The highest BCUT2D eigenvalue weighted by atomic mass is 35.5. The Balaban J connectivity index is 3.40. The highest BCUT2D eigenvalue weighted by Gasteiger charge is 2.11. The summed E-state index contributed by atoms with van der Waals surface area (Å²) in [5.74, 6) is -1.14. The van der Waals surface area contributed by atoms with E-state index in [1.807, 2.05) is 0 Å². The van der Waals surface area contributed by atoms with Crippen LogP contribution in [0.2, 0.25) is 0 Å². The maximum absolute atomic E-state index is 10.2. The number of carboxylic acid groups (broad SMARTS) is 1. The monoisotopic (exact) mass is 184 g/mol. The van der Waals surface area contributed by atoms with Gasteiger partial charge in [0, 0.05) is 0 Å². The smallest absolute Gasteiger partial charge is 0.306 e. The van der Waals surface area contributed by atoms with Crippen molar-refractivity contribution in [2.45, 2.75) is 24.6 Å². The molecule has 4 heteroatoms. The van der Waals surface area contributed by atoms with Gasteiger partial charge < -0.3 is 5.11 Å². The third kappa shape index (κ3) is 4.89. The van der Waals surface area contributed by atoms with Crippen LogP contribution in [0.5, 0.6) is 0 Å². The molecule has 2 nitrogen and oxygen atoms in total. The molecule has 0 aromatic carbocycles. The van der Waals surface area contributed by atoms with Crippen LogP contribution in [0.4, 0.5) is 0 Å². The minimum absolute atomic E-state index is 0.347. The summed E-state index contributed by atoms with van der Waals surface area (Å²) in [6.07, 6.45) is 1.07. The van der Waals surface area contributed by atoms with E-state index in [2.05, 4.69) is 0 Å². The number of rotatable bonds is 4. The molecule has 0 bridgehead atoms. The van der Waals surface area contributed by atoms with Crippen LogP contribution in [-0.2, 0) is 4.79 Å².